The van der Waals surface area contributed by atoms with Gasteiger partial charge in [0.2, 0.25) is 5.91 Å². The van der Waals surface area contributed by atoms with E-state index in [0.29, 0.717) is 28.7 Å². The smallest absolute Gasteiger partial charge is 0.253 e. The molecule has 118 valence electrons. The van der Waals surface area contributed by atoms with Crippen LogP contribution in [0.5, 0.6) is 0 Å². The zero-order chi connectivity index (χ0) is 16.4. The molecule has 1 aliphatic heterocycles. The molecule has 1 heterocycles. The fraction of sp³-hybridized carbons (Fsp3) is 0.176. The Morgan fingerprint density at radius 3 is 2.57 bits per heavy atom. The van der Waals surface area contributed by atoms with E-state index in [2.05, 4.69) is 21.2 Å². The average molecular weight is 377 g/mol. The molecule has 1 saturated heterocycles. The van der Waals surface area contributed by atoms with Crippen molar-refractivity contribution in [2.24, 2.45) is 0 Å². The van der Waals surface area contributed by atoms with Crippen LogP contribution in [0.25, 0.3) is 0 Å². The van der Waals surface area contributed by atoms with Crippen molar-refractivity contribution in [2.45, 2.75) is 12.5 Å². The number of anilines is 1. The monoisotopic (exact) mass is 376 g/mol. The Morgan fingerprint density at radius 2 is 1.87 bits per heavy atom. The third kappa shape index (κ3) is 3.27. The maximum atomic E-state index is 13.0. The molecule has 0 bridgehead atoms. The van der Waals surface area contributed by atoms with Crippen molar-refractivity contribution in [3.8, 4) is 0 Å². The minimum Gasteiger partial charge on any atom is -0.340 e. The Labute approximate surface area is 141 Å². The van der Waals surface area contributed by atoms with Crippen LogP contribution in [-0.4, -0.2) is 24.4 Å². The van der Waals surface area contributed by atoms with Crippen LogP contribution < -0.4 is 10.2 Å². The molecule has 0 spiro atoms. The van der Waals surface area contributed by atoms with Gasteiger partial charge in [0.15, 0.2) is 0 Å². The maximum absolute atomic E-state index is 13.0. The van der Waals surface area contributed by atoms with E-state index in [-0.39, 0.29) is 17.6 Å². The summed E-state index contributed by atoms with van der Waals surface area (Å²) in [6, 6.07) is 12.2. The van der Waals surface area contributed by atoms with E-state index in [1.807, 2.05) is 6.07 Å². The highest BCUT2D eigenvalue weighted by Gasteiger charge is 2.33. The van der Waals surface area contributed by atoms with Gasteiger partial charge in [-0.15, -0.1) is 0 Å². The number of carbonyl (C=O) groups excluding carboxylic acids is 2. The number of amides is 2. The van der Waals surface area contributed by atoms with Crippen molar-refractivity contribution in [3.63, 3.8) is 0 Å². The van der Waals surface area contributed by atoms with Gasteiger partial charge in [-0.3, -0.25) is 9.59 Å². The minimum absolute atomic E-state index is 0.183. The maximum Gasteiger partial charge on any atom is 0.253 e. The Kier molecular flexibility index (Phi) is 4.43. The second kappa shape index (κ2) is 6.50. The summed E-state index contributed by atoms with van der Waals surface area (Å²) in [4.78, 5) is 26.3. The van der Waals surface area contributed by atoms with Crippen molar-refractivity contribution in [1.29, 1.82) is 0 Å². The molecule has 0 radical (unpaired) electrons. The Hall–Kier alpha value is -2.21. The summed E-state index contributed by atoms with van der Waals surface area (Å²) in [6.45, 7) is 0.491. The first-order chi connectivity index (χ1) is 11.1. The van der Waals surface area contributed by atoms with Gasteiger partial charge < -0.3 is 10.2 Å². The van der Waals surface area contributed by atoms with Gasteiger partial charge in [-0.1, -0.05) is 12.1 Å². The molecule has 4 nitrogen and oxygen atoms in total. The van der Waals surface area contributed by atoms with Gasteiger partial charge in [0, 0.05) is 16.7 Å². The van der Waals surface area contributed by atoms with Crippen LogP contribution in [0.1, 0.15) is 16.8 Å². The van der Waals surface area contributed by atoms with Crippen LogP contribution in [-0.2, 0) is 4.79 Å². The normalized spacial score (nSPS) is 17.4. The van der Waals surface area contributed by atoms with Crippen LogP contribution >= 0.6 is 15.9 Å². The van der Waals surface area contributed by atoms with Crippen LogP contribution in [0.3, 0.4) is 0 Å². The molecule has 0 aromatic heterocycles. The summed E-state index contributed by atoms with van der Waals surface area (Å²) < 4.78 is 13.7. The number of carbonyl (C=O) groups is 2. The zero-order valence-electron chi connectivity index (χ0n) is 12.1. The molecule has 3 rings (SSSR count). The molecule has 23 heavy (non-hydrogen) atoms. The van der Waals surface area contributed by atoms with Gasteiger partial charge in [-0.05, 0) is 58.7 Å². The topological polar surface area (TPSA) is 49.4 Å². The third-order valence-corrected chi connectivity index (χ3v) is 4.46. The first kappa shape index (κ1) is 15.7. The molecular weight excluding hydrogens is 363 g/mol. The highest BCUT2D eigenvalue weighted by atomic mass is 79.9. The molecule has 1 atom stereocenters. The number of nitrogens with one attached hydrogen (secondary N) is 1. The van der Waals surface area contributed by atoms with E-state index in [0.717, 1.165) is 0 Å². The second-order valence-corrected chi connectivity index (χ2v) is 6.12. The molecule has 1 aliphatic rings. The number of benzene rings is 2. The van der Waals surface area contributed by atoms with Crippen molar-refractivity contribution in [2.75, 3.05) is 11.4 Å². The summed E-state index contributed by atoms with van der Waals surface area (Å²) in [7, 11) is 0. The predicted molar refractivity (Wildman–Crippen MR) is 88.8 cm³/mol. The Morgan fingerprint density at radius 1 is 1.17 bits per heavy atom. The fourth-order valence-electron chi connectivity index (χ4n) is 2.57. The lowest BCUT2D eigenvalue weighted by Gasteiger charge is -2.17. The summed E-state index contributed by atoms with van der Waals surface area (Å²) in [5.74, 6) is -0.826. The molecule has 6 heteroatoms. The molecule has 1 unspecified atom stereocenters. The van der Waals surface area contributed by atoms with Gasteiger partial charge in [-0.25, -0.2) is 4.39 Å². The number of rotatable bonds is 3. The number of hydrogen-bond acceptors (Lipinski definition) is 2. The van der Waals surface area contributed by atoms with E-state index in [4.69, 9.17) is 0 Å². The van der Waals surface area contributed by atoms with Gasteiger partial charge in [0.25, 0.3) is 5.91 Å². The highest BCUT2D eigenvalue weighted by Crippen LogP contribution is 2.23. The van der Waals surface area contributed by atoms with E-state index < -0.39 is 6.04 Å². The zero-order valence-corrected chi connectivity index (χ0v) is 13.7. The van der Waals surface area contributed by atoms with Crippen LogP contribution in [0.15, 0.2) is 53.0 Å². The summed E-state index contributed by atoms with van der Waals surface area (Å²) in [6.07, 6.45) is 0.520. The molecule has 2 amide bonds. The van der Waals surface area contributed by atoms with E-state index in [9.17, 15) is 14.0 Å². The minimum atomic E-state index is -0.570. The molecule has 0 aliphatic carbocycles. The van der Waals surface area contributed by atoms with Crippen molar-refractivity contribution >= 4 is 33.4 Å². The Balaban J connectivity index is 1.71. The molecular formula is C17H14BrFN2O2. The molecule has 0 saturated carbocycles. The summed E-state index contributed by atoms with van der Waals surface area (Å²) in [5.41, 5.74) is 1.12. The molecule has 1 N–H and O–H groups in total. The molecule has 1 fully saturated rings. The second-order valence-electron chi connectivity index (χ2n) is 5.26. The van der Waals surface area contributed by atoms with Crippen LogP contribution in [0, 0.1) is 5.82 Å². The first-order valence-corrected chi connectivity index (χ1v) is 7.98. The highest BCUT2D eigenvalue weighted by molar-refractivity contribution is 9.10. The first-order valence-electron chi connectivity index (χ1n) is 7.18. The largest absolute Gasteiger partial charge is 0.340 e. The number of nitrogens with zero attached hydrogens (tertiary/aromatic N) is 1. The van der Waals surface area contributed by atoms with Crippen molar-refractivity contribution < 1.29 is 14.0 Å². The van der Waals surface area contributed by atoms with E-state index in [1.54, 1.807) is 35.2 Å². The number of hydrogen-bond donors (Lipinski definition) is 1. The third-order valence-electron chi connectivity index (χ3n) is 3.77. The number of halogens is 2. The van der Waals surface area contributed by atoms with E-state index >= 15 is 0 Å². The van der Waals surface area contributed by atoms with Crippen LogP contribution in [0.2, 0.25) is 0 Å². The standard InChI is InChI=1S/C17H14BrFN2O2/c18-14-4-2-1-3-13(14)16(22)20-15-9-10-21(17(15)23)12-7-5-11(19)6-8-12/h1-8,15H,9-10H2,(H,20,22). The average Bonchev–Trinajstić information content (AvgIpc) is 2.89. The lowest BCUT2D eigenvalue weighted by Crippen LogP contribution is -2.41. The Bertz CT molecular complexity index is 749. The molecule has 2 aromatic rings. The fourth-order valence-corrected chi connectivity index (χ4v) is 3.04. The molecule has 2 aromatic carbocycles. The summed E-state index contributed by atoms with van der Waals surface area (Å²) in [5, 5.41) is 2.76. The van der Waals surface area contributed by atoms with Gasteiger partial charge >= 0.3 is 0 Å². The lowest BCUT2D eigenvalue weighted by atomic mass is 10.2. The van der Waals surface area contributed by atoms with Crippen LogP contribution in [0.4, 0.5) is 10.1 Å². The van der Waals surface area contributed by atoms with Crippen molar-refractivity contribution in [1.82, 2.24) is 5.32 Å². The summed E-state index contributed by atoms with van der Waals surface area (Å²) >= 11 is 3.33. The van der Waals surface area contributed by atoms with Gasteiger partial charge in [0.1, 0.15) is 11.9 Å². The van der Waals surface area contributed by atoms with Gasteiger partial charge in [-0.2, -0.15) is 0 Å². The SMILES string of the molecule is O=C(NC1CCN(c2ccc(F)cc2)C1=O)c1ccccc1Br. The lowest BCUT2D eigenvalue weighted by molar-refractivity contribution is -0.118. The van der Waals surface area contributed by atoms with E-state index in [1.165, 1.54) is 12.1 Å². The van der Waals surface area contributed by atoms with Crippen molar-refractivity contribution in [3.05, 3.63) is 64.4 Å². The predicted octanol–water partition coefficient (Wildman–Crippen LogP) is 3.12. The quantitative estimate of drug-likeness (QED) is 0.894. The van der Waals surface area contributed by atoms with Gasteiger partial charge in [0.05, 0.1) is 5.56 Å².